The minimum Gasteiger partial charge on any atom is -0.371 e. The molecule has 0 unspecified atom stereocenters. The lowest BCUT2D eigenvalue weighted by Gasteiger charge is -2.31. The highest BCUT2D eigenvalue weighted by atomic mass is 32.3. The van der Waals surface area contributed by atoms with Crippen LogP contribution in [0.1, 0.15) is 25.7 Å². The first-order valence-corrected chi connectivity index (χ1v) is 9.53. The third kappa shape index (κ3) is 3.79. The Labute approximate surface area is 141 Å². The molecule has 3 N–H and O–H groups in total. The standard InChI is InChI=1S/C13H23N5O5S/c14-12(15-5-8-16-6-1-2-7-16)11-4-3-10-9-17(11)13(19)18(10)23-24(20,21)22/h10-11H,1-9H2,(H2,14,15)(H,20,21,22)/t10-,11+/m1/s1. The maximum Gasteiger partial charge on any atom is 0.418 e. The Kier molecular flexibility index (Phi) is 4.95. The molecule has 0 aromatic carbocycles. The number of rotatable bonds is 6. The molecule has 2 atom stereocenters. The number of piperidine rings is 1. The van der Waals surface area contributed by atoms with E-state index < -0.39 is 28.5 Å². The number of hydroxylamine groups is 2. The molecule has 0 aliphatic carbocycles. The van der Waals surface area contributed by atoms with Gasteiger partial charge in [0.05, 0.1) is 12.1 Å². The highest BCUT2D eigenvalue weighted by Gasteiger charge is 2.48. The molecular formula is C13H23N5O5S. The summed E-state index contributed by atoms with van der Waals surface area (Å²) >= 11 is 0. The van der Waals surface area contributed by atoms with Gasteiger partial charge >= 0.3 is 16.4 Å². The SMILES string of the molecule is N=C(NCCN1CCCC1)[C@@H]1CC[C@@H]2CN1C(=O)N2OS(=O)(=O)O. The highest BCUT2D eigenvalue weighted by molar-refractivity contribution is 7.80. The molecule has 0 spiro atoms. The molecule has 3 aliphatic heterocycles. The third-order valence-corrected chi connectivity index (χ3v) is 5.12. The number of hydrogen-bond donors (Lipinski definition) is 3. The van der Waals surface area contributed by atoms with E-state index in [0.29, 0.717) is 24.4 Å². The average molecular weight is 361 g/mol. The van der Waals surface area contributed by atoms with Crippen LogP contribution in [0.3, 0.4) is 0 Å². The quantitative estimate of drug-likeness (QED) is 0.335. The van der Waals surface area contributed by atoms with Crippen molar-refractivity contribution in [3.8, 4) is 0 Å². The minimum atomic E-state index is -4.74. The zero-order valence-electron chi connectivity index (χ0n) is 13.3. The van der Waals surface area contributed by atoms with Crippen molar-refractivity contribution >= 4 is 22.3 Å². The van der Waals surface area contributed by atoms with Crippen molar-refractivity contribution in [2.45, 2.75) is 37.8 Å². The molecule has 0 saturated carbocycles. The second-order valence-corrected chi connectivity index (χ2v) is 7.40. The van der Waals surface area contributed by atoms with Crippen LogP contribution in [-0.2, 0) is 14.7 Å². The molecule has 0 radical (unpaired) electrons. The Balaban J connectivity index is 1.54. The second-order valence-electron chi connectivity index (χ2n) is 6.40. The normalized spacial score (nSPS) is 27.8. The van der Waals surface area contributed by atoms with Crippen molar-refractivity contribution in [1.82, 2.24) is 20.2 Å². The van der Waals surface area contributed by atoms with Crippen molar-refractivity contribution < 1.29 is 22.0 Å². The van der Waals surface area contributed by atoms with Crippen LogP contribution in [-0.4, -0.2) is 84.5 Å². The number of nitrogens with zero attached hydrogens (tertiary/aromatic N) is 3. The summed E-state index contributed by atoms with van der Waals surface area (Å²) in [6.07, 6.45) is 3.50. The Morgan fingerprint density at radius 3 is 2.71 bits per heavy atom. The number of fused-ring (bicyclic) bond motifs is 2. The summed E-state index contributed by atoms with van der Waals surface area (Å²) < 4.78 is 34.9. The van der Waals surface area contributed by atoms with Crippen molar-refractivity contribution in [2.75, 3.05) is 32.7 Å². The maximum atomic E-state index is 12.3. The first-order valence-electron chi connectivity index (χ1n) is 8.16. The first-order chi connectivity index (χ1) is 11.3. The number of hydrogen-bond acceptors (Lipinski definition) is 6. The summed E-state index contributed by atoms with van der Waals surface area (Å²) in [7, 11) is -4.74. The van der Waals surface area contributed by atoms with E-state index in [0.717, 1.165) is 19.6 Å². The smallest absolute Gasteiger partial charge is 0.371 e. The molecular weight excluding hydrogens is 338 g/mol. The number of amidine groups is 1. The second kappa shape index (κ2) is 6.82. The van der Waals surface area contributed by atoms with Crippen molar-refractivity contribution in [2.24, 2.45) is 0 Å². The fourth-order valence-corrected chi connectivity index (χ4v) is 3.99. The first kappa shape index (κ1) is 17.4. The summed E-state index contributed by atoms with van der Waals surface area (Å²) in [5.74, 6) is 0.259. The average Bonchev–Trinajstić information content (AvgIpc) is 3.10. The van der Waals surface area contributed by atoms with Gasteiger partial charge in [-0.2, -0.15) is 13.5 Å². The van der Waals surface area contributed by atoms with E-state index in [9.17, 15) is 13.2 Å². The lowest BCUT2D eigenvalue weighted by atomic mass is 10.00. The Bertz CT molecular complexity index is 606. The molecule has 3 heterocycles. The van der Waals surface area contributed by atoms with Crippen LogP contribution >= 0.6 is 0 Å². The van der Waals surface area contributed by atoms with Gasteiger partial charge in [0.15, 0.2) is 0 Å². The summed E-state index contributed by atoms with van der Waals surface area (Å²) in [5.41, 5.74) is 0. The van der Waals surface area contributed by atoms with Crippen LogP contribution in [0.15, 0.2) is 0 Å². The molecule has 24 heavy (non-hydrogen) atoms. The number of amides is 2. The van der Waals surface area contributed by atoms with Gasteiger partial charge in [0.2, 0.25) is 0 Å². The van der Waals surface area contributed by atoms with Crippen LogP contribution in [0.4, 0.5) is 4.79 Å². The number of likely N-dealkylation sites (tertiary alicyclic amines) is 1. The molecule has 11 heteroatoms. The summed E-state index contributed by atoms with van der Waals surface area (Å²) in [6, 6.07) is -1.47. The minimum absolute atomic E-state index is 0.259. The molecule has 0 aromatic rings. The van der Waals surface area contributed by atoms with Crippen LogP contribution in [0, 0.1) is 5.41 Å². The van der Waals surface area contributed by atoms with E-state index >= 15 is 0 Å². The number of urea groups is 1. The van der Waals surface area contributed by atoms with Gasteiger partial charge < -0.3 is 15.1 Å². The Hall–Kier alpha value is -1.43. The molecule has 2 amide bonds. The molecule has 10 nitrogen and oxygen atoms in total. The third-order valence-electron chi connectivity index (χ3n) is 4.77. The Morgan fingerprint density at radius 2 is 2.04 bits per heavy atom. The molecule has 0 aromatic heterocycles. The van der Waals surface area contributed by atoms with E-state index in [1.54, 1.807) is 0 Å². The van der Waals surface area contributed by atoms with Crippen molar-refractivity contribution in [1.29, 1.82) is 5.41 Å². The molecule has 3 rings (SSSR count). The van der Waals surface area contributed by atoms with E-state index in [1.165, 1.54) is 17.7 Å². The van der Waals surface area contributed by atoms with Gasteiger partial charge in [0.25, 0.3) is 0 Å². The topological polar surface area (TPSA) is 126 Å². The molecule has 2 bridgehead atoms. The lowest BCUT2D eigenvalue weighted by Crippen LogP contribution is -2.50. The van der Waals surface area contributed by atoms with Gasteiger partial charge in [0.1, 0.15) is 5.84 Å². The van der Waals surface area contributed by atoms with Crippen LogP contribution in [0.5, 0.6) is 0 Å². The van der Waals surface area contributed by atoms with Gasteiger partial charge in [-0.15, -0.1) is 4.28 Å². The van der Waals surface area contributed by atoms with Crippen LogP contribution in [0.2, 0.25) is 0 Å². The summed E-state index contributed by atoms with van der Waals surface area (Å²) in [6.45, 7) is 3.98. The lowest BCUT2D eigenvalue weighted by molar-refractivity contribution is -0.0316. The number of nitrogens with one attached hydrogen (secondary N) is 2. The number of carbonyl (C=O) groups is 1. The van der Waals surface area contributed by atoms with Gasteiger partial charge in [-0.05, 0) is 38.8 Å². The van der Waals surface area contributed by atoms with Crippen molar-refractivity contribution in [3.05, 3.63) is 0 Å². The van der Waals surface area contributed by atoms with Gasteiger partial charge in [-0.1, -0.05) is 0 Å². The molecule has 3 aliphatic rings. The van der Waals surface area contributed by atoms with Gasteiger partial charge in [-0.25, -0.2) is 4.79 Å². The van der Waals surface area contributed by atoms with E-state index in [1.807, 2.05) is 0 Å². The van der Waals surface area contributed by atoms with E-state index in [4.69, 9.17) is 9.96 Å². The number of carbonyl (C=O) groups excluding carboxylic acids is 1. The highest BCUT2D eigenvalue weighted by Crippen LogP contribution is 2.30. The molecule has 3 saturated heterocycles. The van der Waals surface area contributed by atoms with Crippen molar-refractivity contribution in [3.63, 3.8) is 0 Å². The summed E-state index contributed by atoms with van der Waals surface area (Å²) in [4.78, 5) is 16.0. The van der Waals surface area contributed by atoms with Gasteiger partial charge in [-0.3, -0.25) is 9.96 Å². The zero-order valence-corrected chi connectivity index (χ0v) is 14.2. The van der Waals surface area contributed by atoms with E-state index in [-0.39, 0.29) is 12.4 Å². The largest absolute Gasteiger partial charge is 0.418 e. The molecule has 136 valence electrons. The maximum absolute atomic E-state index is 12.3. The Morgan fingerprint density at radius 1 is 1.33 bits per heavy atom. The van der Waals surface area contributed by atoms with Crippen LogP contribution in [0.25, 0.3) is 0 Å². The van der Waals surface area contributed by atoms with Crippen LogP contribution < -0.4 is 5.32 Å². The predicted octanol–water partition coefficient (Wildman–Crippen LogP) is -0.348. The monoisotopic (exact) mass is 361 g/mol. The van der Waals surface area contributed by atoms with Gasteiger partial charge in [0, 0.05) is 19.6 Å². The fourth-order valence-electron chi connectivity index (χ4n) is 3.60. The summed E-state index contributed by atoms with van der Waals surface area (Å²) in [5, 5.41) is 12.0. The zero-order chi connectivity index (χ0) is 17.3. The fraction of sp³-hybridized carbons (Fsp3) is 0.846. The predicted molar refractivity (Wildman–Crippen MR) is 84.8 cm³/mol. The van der Waals surface area contributed by atoms with E-state index in [2.05, 4.69) is 14.5 Å². The molecule has 3 fully saturated rings.